The maximum Gasteiger partial charge on any atom is 0.0536 e. The number of rotatable bonds is 10. The largest absolute Gasteiger partial charge is 0.393 e. The fourth-order valence-corrected chi connectivity index (χ4v) is 2.34. The third-order valence-electron chi connectivity index (χ3n) is 3.92. The van der Waals surface area contributed by atoms with E-state index < -0.39 is 0 Å². The standard InChI is InChI=1S/2C11H14N.C5H12O2.Ir/c1-2-3-4-5-8-11-9-6-7-10-12-11;1-2-3-4-5-7-11-8-6-9-12-10-11;1-4(6)3-5(2)7;/h2*6-10H,2-4H2,1H3;4-7H,3H2,1-2H3;/q2*-1;;. The number of aliphatic hydroxyl groups is 2. The van der Waals surface area contributed by atoms with E-state index in [4.69, 9.17) is 10.2 Å². The van der Waals surface area contributed by atoms with Crippen LogP contribution in [0.2, 0.25) is 0 Å². The van der Waals surface area contributed by atoms with Crippen molar-refractivity contribution in [1.29, 1.82) is 0 Å². The molecular weight excluding hydrogens is 577 g/mol. The summed E-state index contributed by atoms with van der Waals surface area (Å²) >= 11 is 0. The molecule has 5 heteroatoms. The minimum Gasteiger partial charge on any atom is -0.393 e. The van der Waals surface area contributed by atoms with Crippen LogP contribution in [0.25, 0.3) is 12.2 Å². The predicted octanol–water partition coefficient (Wildman–Crippen LogP) is 6.31. The van der Waals surface area contributed by atoms with Crippen LogP contribution in [0, 0.1) is 12.2 Å². The van der Waals surface area contributed by atoms with E-state index >= 15 is 0 Å². The van der Waals surface area contributed by atoms with Gasteiger partial charge in [-0.15, -0.1) is 25.0 Å². The van der Waals surface area contributed by atoms with E-state index in [1.54, 1.807) is 26.2 Å². The number of hydrogen-bond acceptors (Lipinski definition) is 4. The number of pyridine rings is 2. The van der Waals surface area contributed by atoms with Gasteiger partial charge in [0.15, 0.2) is 0 Å². The second kappa shape index (κ2) is 24.0. The van der Waals surface area contributed by atoms with Crippen LogP contribution >= 0.6 is 0 Å². The summed E-state index contributed by atoms with van der Waals surface area (Å²) in [4.78, 5) is 8.17. The average molecular weight is 617 g/mol. The van der Waals surface area contributed by atoms with Crippen molar-refractivity contribution in [2.45, 2.75) is 84.8 Å². The molecule has 2 heterocycles. The third kappa shape index (κ3) is 23.0. The molecule has 0 aromatic carbocycles. The van der Waals surface area contributed by atoms with Crippen LogP contribution in [0.3, 0.4) is 0 Å². The van der Waals surface area contributed by atoms with Crippen molar-refractivity contribution in [2.75, 3.05) is 0 Å². The van der Waals surface area contributed by atoms with Crippen molar-refractivity contribution in [3.63, 3.8) is 0 Å². The van der Waals surface area contributed by atoms with Crippen molar-refractivity contribution in [2.24, 2.45) is 0 Å². The first-order valence-electron chi connectivity index (χ1n) is 11.3. The van der Waals surface area contributed by atoms with E-state index in [2.05, 4.69) is 36.0 Å². The summed E-state index contributed by atoms with van der Waals surface area (Å²) in [6.45, 7) is 7.69. The van der Waals surface area contributed by atoms with E-state index in [1.807, 2.05) is 48.7 Å². The van der Waals surface area contributed by atoms with Crippen LogP contribution < -0.4 is 0 Å². The Hall–Kier alpha value is -1.65. The number of nitrogens with zero attached hydrogens (tertiary/aromatic N) is 2. The molecule has 181 valence electrons. The molecule has 2 atom stereocenters. The fourth-order valence-electron chi connectivity index (χ4n) is 2.34. The molecule has 2 N–H and O–H groups in total. The Kier molecular flexibility index (Phi) is 24.4. The molecule has 0 aliphatic heterocycles. The zero-order valence-corrected chi connectivity index (χ0v) is 22.4. The maximum atomic E-state index is 8.56. The third-order valence-corrected chi connectivity index (χ3v) is 3.92. The molecule has 0 saturated heterocycles. The van der Waals surface area contributed by atoms with Gasteiger partial charge in [-0.2, -0.15) is 5.56 Å². The van der Waals surface area contributed by atoms with Gasteiger partial charge in [-0.1, -0.05) is 57.4 Å². The van der Waals surface area contributed by atoms with Crippen LogP contribution in [0.15, 0.2) is 48.9 Å². The quantitative estimate of drug-likeness (QED) is 0.243. The molecule has 2 aromatic heterocycles. The first kappa shape index (κ1) is 32.5. The summed E-state index contributed by atoms with van der Waals surface area (Å²) in [6, 6.07) is 9.86. The summed E-state index contributed by atoms with van der Waals surface area (Å²) in [6.07, 6.45) is 22.5. The molecule has 1 radical (unpaired) electrons. The summed E-state index contributed by atoms with van der Waals surface area (Å²) in [5.41, 5.74) is 2.13. The number of unbranched alkanes of at least 4 members (excludes halogenated alkanes) is 4. The molecule has 0 aliphatic carbocycles. The topological polar surface area (TPSA) is 66.2 Å². The molecule has 2 aromatic rings. The average Bonchev–Trinajstić information content (AvgIpc) is 2.76. The second-order valence-corrected chi connectivity index (χ2v) is 7.38. The molecule has 0 bridgehead atoms. The van der Waals surface area contributed by atoms with E-state index in [9.17, 15) is 0 Å². The molecule has 0 amide bonds. The van der Waals surface area contributed by atoms with Crippen LogP contribution in [0.1, 0.15) is 83.9 Å². The Morgan fingerprint density at radius 3 is 1.94 bits per heavy atom. The molecule has 0 saturated carbocycles. The zero-order chi connectivity index (χ0) is 23.2. The maximum absolute atomic E-state index is 8.56. The van der Waals surface area contributed by atoms with Gasteiger partial charge in [-0.25, -0.2) is 12.2 Å². The van der Waals surface area contributed by atoms with E-state index in [1.165, 1.54) is 25.7 Å². The van der Waals surface area contributed by atoms with Crippen molar-refractivity contribution >= 4 is 12.2 Å². The van der Waals surface area contributed by atoms with Crippen LogP contribution in [-0.4, -0.2) is 32.4 Å². The fraction of sp³-hybridized carbons (Fsp3) is 0.481. The first-order valence-corrected chi connectivity index (χ1v) is 11.3. The van der Waals surface area contributed by atoms with Gasteiger partial charge in [0.1, 0.15) is 0 Å². The number of aliphatic hydroxyl groups excluding tert-OH is 2. The molecule has 0 spiro atoms. The predicted molar refractivity (Wildman–Crippen MR) is 131 cm³/mol. The molecule has 2 rings (SSSR count). The summed E-state index contributed by atoms with van der Waals surface area (Å²) in [7, 11) is 0. The second-order valence-electron chi connectivity index (χ2n) is 7.38. The van der Waals surface area contributed by atoms with E-state index in [0.717, 1.165) is 24.1 Å². The van der Waals surface area contributed by atoms with Crippen LogP contribution in [0.5, 0.6) is 0 Å². The van der Waals surface area contributed by atoms with Gasteiger partial charge in [-0.3, -0.25) is 17.1 Å². The van der Waals surface area contributed by atoms with Gasteiger partial charge in [0, 0.05) is 32.5 Å². The zero-order valence-electron chi connectivity index (χ0n) is 20.0. The van der Waals surface area contributed by atoms with Crippen LogP contribution in [0.4, 0.5) is 0 Å². The molecule has 0 fully saturated rings. The Bertz CT molecular complexity index is 615. The van der Waals surface area contributed by atoms with Gasteiger partial charge >= 0.3 is 0 Å². The van der Waals surface area contributed by atoms with E-state index in [-0.39, 0.29) is 32.3 Å². The summed E-state index contributed by atoms with van der Waals surface area (Å²) in [5, 5.41) is 17.1. The number of allylic oxidation sites excluding steroid dienone is 2. The Morgan fingerprint density at radius 1 is 0.875 bits per heavy atom. The van der Waals surface area contributed by atoms with Gasteiger partial charge in [0.05, 0.1) is 12.2 Å². The summed E-state index contributed by atoms with van der Waals surface area (Å²) < 4.78 is 0. The first-order chi connectivity index (χ1) is 15.0. The monoisotopic (exact) mass is 617 g/mol. The van der Waals surface area contributed by atoms with Gasteiger partial charge in [0.2, 0.25) is 0 Å². The molecule has 4 nitrogen and oxygen atoms in total. The Balaban J connectivity index is 0. The van der Waals surface area contributed by atoms with Crippen molar-refractivity contribution in [1.82, 2.24) is 9.97 Å². The molecule has 32 heavy (non-hydrogen) atoms. The Morgan fingerprint density at radius 2 is 1.50 bits per heavy atom. The minimum atomic E-state index is -0.375. The smallest absolute Gasteiger partial charge is 0.0536 e. The van der Waals surface area contributed by atoms with Crippen molar-refractivity contribution in [3.8, 4) is 0 Å². The van der Waals surface area contributed by atoms with Gasteiger partial charge in [-0.05, 0) is 32.5 Å². The van der Waals surface area contributed by atoms with Crippen LogP contribution in [-0.2, 0) is 20.1 Å². The molecular formula is C27H40IrN2O2-2. The van der Waals surface area contributed by atoms with E-state index in [0.29, 0.717) is 6.42 Å². The molecule has 0 aliphatic rings. The SMILES string of the molecule is CC(O)CC(C)O.CCCC[C-]=Cc1ccccn1.CCCC[C-]=Cc1cccnc1.[Ir]. The Labute approximate surface area is 209 Å². The normalized spacial score (nSPS) is 12.2. The number of aromatic nitrogens is 2. The van der Waals surface area contributed by atoms with Crippen molar-refractivity contribution < 1.29 is 30.3 Å². The van der Waals surface area contributed by atoms with Crippen molar-refractivity contribution in [3.05, 3.63) is 72.3 Å². The summed E-state index contributed by atoms with van der Waals surface area (Å²) in [5.74, 6) is 0. The van der Waals surface area contributed by atoms with Gasteiger partial charge in [0.25, 0.3) is 0 Å². The number of hydrogen-bond donors (Lipinski definition) is 2. The molecule has 2 unspecified atom stereocenters. The van der Waals surface area contributed by atoms with Gasteiger partial charge < -0.3 is 15.2 Å². The minimum absolute atomic E-state index is 0.